The van der Waals surface area contributed by atoms with Gasteiger partial charge in [0.2, 0.25) is 5.91 Å². The first kappa shape index (κ1) is 15.6. The summed E-state index contributed by atoms with van der Waals surface area (Å²) < 4.78 is 5.14. The van der Waals surface area contributed by atoms with Crippen LogP contribution in [-0.4, -0.2) is 24.0 Å². The molecule has 0 heterocycles. The molecule has 1 aliphatic rings. The molecule has 6 nitrogen and oxygen atoms in total. The highest BCUT2D eigenvalue weighted by Gasteiger charge is 2.38. The maximum Gasteiger partial charge on any atom is 0.255 e. The summed E-state index contributed by atoms with van der Waals surface area (Å²) >= 11 is 0. The van der Waals surface area contributed by atoms with Gasteiger partial charge in [-0.1, -0.05) is 12.1 Å². The van der Waals surface area contributed by atoms with Crippen LogP contribution in [0.5, 0.6) is 5.75 Å². The highest BCUT2D eigenvalue weighted by atomic mass is 16.5. The molecule has 1 aromatic rings. The summed E-state index contributed by atoms with van der Waals surface area (Å²) in [5, 5.41) is 11.8. The van der Waals surface area contributed by atoms with Crippen molar-refractivity contribution >= 4 is 17.9 Å². The molecule has 1 aliphatic carbocycles. The number of nitrogens with one attached hydrogen (secondary N) is 1. The van der Waals surface area contributed by atoms with E-state index in [2.05, 4.69) is 11.4 Å². The van der Waals surface area contributed by atoms with Crippen LogP contribution in [0.4, 0.5) is 0 Å². The van der Waals surface area contributed by atoms with Gasteiger partial charge in [0, 0.05) is 6.08 Å². The van der Waals surface area contributed by atoms with Crippen molar-refractivity contribution in [2.75, 3.05) is 6.61 Å². The minimum absolute atomic E-state index is 0.173. The van der Waals surface area contributed by atoms with Crippen LogP contribution in [0.3, 0.4) is 0 Å². The van der Waals surface area contributed by atoms with E-state index in [-0.39, 0.29) is 12.5 Å². The van der Waals surface area contributed by atoms with E-state index in [1.165, 1.54) is 6.08 Å². The lowest BCUT2D eigenvalue weighted by Gasteiger charge is -2.35. The van der Waals surface area contributed by atoms with Crippen LogP contribution in [0.15, 0.2) is 30.3 Å². The molecule has 6 heteroatoms. The number of carbonyl (C=O) groups is 2. The molecule has 0 radical (unpaired) electrons. The molecule has 0 aromatic heterocycles. The number of primary amides is 1. The van der Waals surface area contributed by atoms with E-state index >= 15 is 0 Å². The molecule has 1 fully saturated rings. The molecule has 2 amide bonds. The number of hydrogen-bond donors (Lipinski definition) is 2. The largest absolute Gasteiger partial charge is 0.484 e. The second-order valence-corrected chi connectivity index (χ2v) is 5.19. The summed E-state index contributed by atoms with van der Waals surface area (Å²) in [4.78, 5) is 22.4. The third kappa shape index (κ3) is 4.09. The molecule has 0 saturated heterocycles. The van der Waals surface area contributed by atoms with Gasteiger partial charge in [-0.15, -0.1) is 0 Å². The van der Waals surface area contributed by atoms with E-state index in [9.17, 15) is 9.59 Å². The van der Waals surface area contributed by atoms with Gasteiger partial charge in [-0.3, -0.25) is 9.59 Å². The van der Waals surface area contributed by atoms with Gasteiger partial charge in [0.05, 0.1) is 6.07 Å². The van der Waals surface area contributed by atoms with E-state index in [1.54, 1.807) is 30.3 Å². The Morgan fingerprint density at radius 1 is 1.36 bits per heavy atom. The zero-order valence-corrected chi connectivity index (χ0v) is 12.0. The SMILES string of the molecule is N#CC1(NC(=O)C=Cc2ccc(OCC(N)=O)cc2)CCC1. The Hall–Kier alpha value is -2.81. The van der Waals surface area contributed by atoms with Gasteiger partial charge in [0.1, 0.15) is 11.3 Å². The smallest absolute Gasteiger partial charge is 0.255 e. The van der Waals surface area contributed by atoms with Crippen molar-refractivity contribution in [2.24, 2.45) is 5.73 Å². The Balaban J connectivity index is 1.88. The minimum atomic E-state index is -0.687. The van der Waals surface area contributed by atoms with Crippen molar-refractivity contribution in [3.05, 3.63) is 35.9 Å². The fourth-order valence-corrected chi connectivity index (χ4v) is 2.07. The second-order valence-electron chi connectivity index (χ2n) is 5.19. The minimum Gasteiger partial charge on any atom is -0.484 e. The van der Waals surface area contributed by atoms with Gasteiger partial charge in [0.25, 0.3) is 5.91 Å². The van der Waals surface area contributed by atoms with Gasteiger partial charge in [-0.2, -0.15) is 5.26 Å². The van der Waals surface area contributed by atoms with Crippen LogP contribution in [0.25, 0.3) is 6.08 Å². The molecule has 0 spiro atoms. The first-order valence-electron chi connectivity index (χ1n) is 6.96. The fraction of sp³-hybridized carbons (Fsp3) is 0.312. The Labute approximate surface area is 128 Å². The first-order chi connectivity index (χ1) is 10.5. The van der Waals surface area contributed by atoms with Crippen molar-refractivity contribution in [1.82, 2.24) is 5.32 Å². The number of nitriles is 1. The number of nitrogens with zero attached hydrogens (tertiary/aromatic N) is 1. The summed E-state index contributed by atoms with van der Waals surface area (Å²) in [6.07, 6.45) is 5.42. The number of amides is 2. The van der Waals surface area contributed by atoms with Crippen LogP contribution in [0.2, 0.25) is 0 Å². The van der Waals surface area contributed by atoms with Crippen molar-refractivity contribution in [3.63, 3.8) is 0 Å². The molecular formula is C16H17N3O3. The van der Waals surface area contributed by atoms with Gasteiger partial charge in [-0.05, 0) is 43.0 Å². The number of hydrogen-bond acceptors (Lipinski definition) is 4. The second kappa shape index (κ2) is 6.76. The number of nitrogens with two attached hydrogens (primary N) is 1. The lowest BCUT2D eigenvalue weighted by Crippen LogP contribution is -2.51. The van der Waals surface area contributed by atoms with Crippen LogP contribution in [0, 0.1) is 11.3 Å². The van der Waals surface area contributed by atoms with E-state index in [0.29, 0.717) is 18.6 Å². The lowest BCUT2D eigenvalue weighted by molar-refractivity contribution is -0.120. The van der Waals surface area contributed by atoms with Gasteiger partial charge >= 0.3 is 0 Å². The predicted octanol–water partition coefficient (Wildman–Crippen LogP) is 1.13. The number of ether oxygens (including phenoxy) is 1. The molecule has 114 valence electrons. The summed E-state index contributed by atoms with van der Waals surface area (Å²) in [6, 6.07) is 9.03. The molecule has 0 atom stereocenters. The quantitative estimate of drug-likeness (QED) is 0.768. The molecule has 0 aliphatic heterocycles. The van der Waals surface area contributed by atoms with Gasteiger partial charge in [-0.25, -0.2) is 0 Å². The van der Waals surface area contributed by atoms with E-state index < -0.39 is 11.4 Å². The Morgan fingerprint density at radius 2 is 2.05 bits per heavy atom. The molecule has 0 unspecified atom stereocenters. The van der Waals surface area contributed by atoms with E-state index in [0.717, 1.165) is 12.0 Å². The molecule has 1 saturated carbocycles. The summed E-state index contributed by atoms with van der Waals surface area (Å²) in [6.45, 7) is -0.173. The topological polar surface area (TPSA) is 105 Å². The average molecular weight is 299 g/mol. The van der Waals surface area contributed by atoms with Crippen LogP contribution in [-0.2, 0) is 9.59 Å². The van der Waals surface area contributed by atoms with E-state index in [4.69, 9.17) is 15.7 Å². The summed E-state index contributed by atoms with van der Waals surface area (Å²) in [7, 11) is 0. The number of carbonyl (C=O) groups excluding carboxylic acids is 2. The molecule has 3 N–H and O–H groups in total. The monoisotopic (exact) mass is 299 g/mol. The highest BCUT2D eigenvalue weighted by Crippen LogP contribution is 2.30. The van der Waals surface area contributed by atoms with Crippen molar-refractivity contribution in [2.45, 2.75) is 24.8 Å². The highest BCUT2D eigenvalue weighted by molar-refractivity contribution is 5.92. The zero-order valence-electron chi connectivity index (χ0n) is 12.0. The van der Waals surface area contributed by atoms with Crippen LogP contribution in [0.1, 0.15) is 24.8 Å². The van der Waals surface area contributed by atoms with Crippen LogP contribution < -0.4 is 15.8 Å². The number of rotatable bonds is 6. The Bertz CT molecular complexity index is 625. The molecular weight excluding hydrogens is 282 g/mol. The van der Waals surface area contributed by atoms with Crippen molar-refractivity contribution in [3.8, 4) is 11.8 Å². The van der Waals surface area contributed by atoms with E-state index in [1.807, 2.05) is 0 Å². The maximum absolute atomic E-state index is 11.8. The Kier molecular flexibility index (Phi) is 4.79. The normalized spacial score (nSPS) is 15.6. The third-order valence-corrected chi connectivity index (χ3v) is 3.47. The molecule has 22 heavy (non-hydrogen) atoms. The molecule has 1 aromatic carbocycles. The third-order valence-electron chi connectivity index (χ3n) is 3.47. The van der Waals surface area contributed by atoms with Crippen molar-refractivity contribution < 1.29 is 14.3 Å². The predicted molar refractivity (Wildman–Crippen MR) is 80.5 cm³/mol. The zero-order chi connectivity index (χ0) is 16.0. The summed E-state index contributed by atoms with van der Waals surface area (Å²) in [5.74, 6) is -0.295. The standard InChI is InChI=1S/C16H17N3O3/c17-11-16(8-1-9-16)19-15(21)7-4-12-2-5-13(6-3-12)22-10-14(18)20/h2-7H,1,8-10H2,(H2,18,20)(H,19,21). The Morgan fingerprint density at radius 3 is 2.55 bits per heavy atom. The first-order valence-corrected chi connectivity index (χ1v) is 6.96. The average Bonchev–Trinajstić information content (AvgIpc) is 2.48. The van der Waals surface area contributed by atoms with Crippen molar-refractivity contribution in [1.29, 1.82) is 5.26 Å². The van der Waals surface area contributed by atoms with Gasteiger partial charge in [0.15, 0.2) is 6.61 Å². The maximum atomic E-state index is 11.8. The lowest BCUT2D eigenvalue weighted by atomic mass is 9.78. The molecule has 0 bridgehead atoms. The number of benzene rings is 1. The van der Waals surface area contributed by atoms with Crippen LogP contribution >= 0.6 is 0 Å². The summed E-state index contributed by atoms with van der Waals surface area (Å²) in [5.41, 5.74) is 5.11. The van der Waals surface area contributed by atoms with Gasteiger partial charge < -0.3 is 15.8 Å². The molecule has 2 rings (SSSR count). The fourth-order valence-electron chi connectivity index (χ4n) is 2.07.